The summed E-state index contributed by atoms with van der Waals surface area (Å²) in [5.74, 6) is 1.74. The van der Waals surface area contributed by atoms with Gasteiger partial charge in [-0.3, -0.25) is 4.79 Å². The number of nitrogens with two attached hydrogens (primary N) is 1. The molecule has 11 heavy (non-hydrogen) atoms. The number of hydrogen-bond acceptors (Lipinski definition) is 3. The predicted octanol–water partition coefficient (Wildman–Crippen LogP) is 0.542. The SMILES string of the molecule is N[C@H]1CSC[C@@H]1CCC(=O)O. The number of carbonyl (C=O) groups is 1. The van der Waals surface area contributed by atoms with Crippen LogP contribution in [0.5, 0.6) is 0 Å². The van der Waals surface area contributed by atoms with Gasteiger partial charge in [0.2, 0.25) is 0 Å². The summed E-state index contributed by atoms with van der Waals surface area (Å²) in [5.41, 5.74) is 5.75. The summed E-state index contributed by atoms with van der Waals surface area (Å²) in [6.45, 7) is 0. The number of carboxylic acids is 1. The molecule has 1 fully saturated rings. The van der Waals surface area contributed by atoms with Gasteiger partial charge in [0.15, 0.2) is 0 Å². The van der Waals surface area contributed by atoms with Crippen molar-refractivity contribution in [1.82, 2.24) is 0 Å². The Hall–Kier alpha value is -0.220. The Labute approximate surface area is 70.3 Å². The highest BCUT2D eigenvalue weighted by Crippen LogP contribution is 2.26. The van der Waals surface area contributed by atoms with E-state index in [1.807, 2.05) is 11.8 Å². The van der Waals surface area contributed by atoms with E-state index in [2.05, 4.69) is 0 Å². The van der Waals surface area contributed by atoms with Gasteiger partial charge in [0.25, 0.3) is 0 Å². The Morgan fingerprint density at radius 2 is 2.36 bits per heavy atom. The van der Waals surface area contributed by atoms with Gasteiger partial charge in [-0.2, -0.15) is 11.8 Å². The minimum atomic E-state index is -0.714. The third-order valence-corrected chi connectivity index (χ3v) is 3.26. The van der Waals surface area contributed by atoms with Crippen molar-refractivity contribution in [3.8, 4) is 0 Å². The summed E-state index contributed by atoms with van der Waals surface area (Å²) in [5, 5.41) is 8.41. The second kappa shape index (κ2) is 3.97. The Morgan fingerprint density at radius 3 is 2.82 bits per heavy atom. The highest BCUT2D eigenvalue weighted by molar-refractivity contribution is 7.99. The molecular weight excluding hydrogens is 162 g/mol. The average molecular weight is 175 g/mol. The molecule has 0 aromatic carbocycles. The van der Waals surface area contributed by atoms with Gasteiger partial charge < -0.3 is 10.8 Å². The minimum absolute atomic E-state index is 0.222. The number of hydrogen-bond donors (Lipinski definition) is 2. The lowest BCUT2D eigenvalue weighted by atomic mass is 9.99. The standard InChI is InChI=1S/C7H13NO2S/c8-6-4-11-3-5(6)1-2-7(9)10/h5-6H,1-4,8H2,(H,9,10)/t5-,6-/m0/s1. The van der Waals surface area contributed by atoms with Gasteiger partial charge >= 0.3 is 5.97 Å². The van der Waals surface area contributed by atoms with Crippen LogP contribution in [0.4, 0.5) is 0 Å². The van der Waals surface area contributed by atoms with Crippen LogP contribution in [-0.2, 0) is 4.79 Å². The van der Waals surface area contributed by atoms with E-state index in [0.717, 1.165) is 17.9 Å². The largest absolute Gasteiger partial charge is 0.481 e. The van der Waals surface area contributed by atoms with Crippen LogP contribution < -0.4 is 5.73 Å². The van der Waals surface area contributed by atoms with E-state index in [1.54, 1.807) is 0 Å². The molecule has 64 valence electrons. The fourth-order valence-corrected chi connectivity index (χ4v) is 2.62. The summed E-state index contributed by atoms with van der Waals surface area (Å²) < 4.78 is 0. The molecule has 1 heterocycles. The van der Waals surface area contributed by atoms with Gasteiger partial charge in [0, 0.05) is 18.2 Å². The molecule has 1 aliphatic rings. The Bertz CT molecular complexity index is 151. The Kier molecular flexibility index (Phi) is 3.20. The van der Waals surface area contributed by atoms with E-state index >= 15 is 0 Å². The van der Waals surface area contributed by atoms with Crippen molar-refractivity contribution in [1.29, 1.82) is 0 Å². The van der Waals surface area contributed by atoms with Crippen LogP contribution in [0.15, 0.2) is 0 Å². The molecule has 0 unspecified atom stereocenters. The number of aliphatic carboxylic acids is 1. The maximum atomic E-state index is 10.2. The maximum Gasteiger partial charge on any atom is 0.303 e. The first-order valence-electron chi connectivity index (χ1n) is 3.75. The van der Waals surface area contributed by atoms with Crippen molar-refractivity contribution in [3.05, 3.63) is 0 Å². The van der Waals surface area contributed by atoms with Gasteiger partial charge in [-0.15, -0.1) is 0 Å². The molecule has 0 amide bonds. The zero-order chi connectivity index (χ0) is 8.27. The fourth-order valence-electron chi connectivity index (χ4n) is 1.22. The van der Waals surface area contributed by atoms with Crippen molar-refractivity contribution in [3.63, 3.8) is 0 Å². The third-order valence-electron chi connectivity index (χ3n) is 1.98. The van der Waals surface area contributed by atoms with E-state index in [9.17, 15) is 4.79 Å². The summed E-state index contributed by atoms with van der Waals surface area (Å²) in [7, 11) is 0. The monoisotopic (exact) mass is 175 g/mol. The van der Waals surface area contributed by atoms with E-state index < -0.39 is 5.97 Å². The first-order valence-corrected chi connectivity index (χ1v) is 4.90. The van der Waals surface area contributed by atoms with Crippen LogP contribution in [0.3, 0.4) is 0 Å². The molecule has 0 spiro atoms. The van der Waals surface area contributed by atoms with Crippen LogP contribution in [0.25, 0.3) is 0 Å². The molecule has 0 aromatic rings. The van der Waals surface area contributed by atoms with Crippen molar-refractivity contribution in [2.24, 2.45) is 11.7 Å². The summed E-state index contributed by atoms with van der Waals surface area (Å²) in [6, 6.07) is 0.222. The van der Waals surface area contributed by atoms with Crippen LogP contribution >= 0.6 is 11.8 Å². The summed E-state index contributed by atoms with van der Waals surface area (Å²) >= 11 is 1.82. The van der Waals surface area contributed by atoms with Crippen molar-refractivity contribution >= 4 is 17.7 Å². The Morgan fingerprint density at radius 1 is 1.64 bits per heavy atom. The van der Waals surface area contributed by atoms with Crippen LogP contribution in [0, 0.1) is 5.92 Å². The maximum absolute atomic E-state index is 10.2. The molecule has 3 nitrogen and oxygen atoms in total. The summed E-state index contributed by atoms with van der Waals surface area (Å²) in [4.78, 5) is 10.2. The van der Waals surface area contributed by atoms with Crippen LogP contribution in [-0.4, -0.2) is 28.6 Å². The van der Waals surface area contributed by atoms with Gasteiger partial charge in [-0.1, -0.05) is 0 Å². The molecule has 0 aliphatic carbocycles. The number of rotatable bonds is 3. The van der Waals surface area contributed by atoms with E-state index in [-0.39, 0.29) is 12.5 Å². The topological polar surface area (TPSA) is 63.3 Å². The van der Waals surface area contributed by atoms with Crippen molar-refractivity contribution in [2.45, 2.75) is 18.9 Å². The average Bonchev–Trinajstić information content (AvgIpc) is 2.31. The highest BCUT2D eigenvalue weighted by Gasteiger charge is 2.24. The van der Waals surface area contributed by atoms with Gasteiger partial charge in [0.05, 0.1) is 0 Å². The van der Waals surface area contributed by atoms with Gasteiger partial charge in [-0.25, -0.2) is 0 Å². The quantitative estimate of drug-likeness (QED) is 0.657. The lowest BCUT2D eigenvalue weighted by Gasteiger charge is -2.11. The molecule has 3 N–H and O–H groups in total. The molecule has 1 saturated heterocycles. The number of carboxylic acid groups (broad SMARTS) is 1. The van der Waals surface area contributed by atoms with Gasteiger partial charge in [-0.05, 0) is 18.1 Å². The van der Waals surface area contributed by atoms with E-state index in [0.29, 0.717) is 5.92 Å². The van der Waals surface area contributed by atoms with E-state index in [4.69, 9.17) is 10.8 Å². The second-order valence-electron chi connectivity index (χ2n) is 2.89. The molecule has 0 aromatic heterocycles. The molecular formula is C7H13NO2S. The van der Waals surface area contributed by atoms with Gasteiger partial charge in [0.1, 0.15) is 0 Å². The lowest BCUT2D eigenvalue weighted by molar-refractivity contribution is -0.137. The van der Waals surface area contributed by atoms with Crippen LogP contribution in [0.2, 0.25) is 0 Å². The smallest absolute Gasteiger partial charge is 0.303 e. The fraction of sp³-hybridized carbons (Fsp3) is 0.857. The summed E-state index contributed by atoms with van der Waals surface area (Å²) in [6.07, 6.45) is 1.00. The Balaban J connectivity index is 2.20. The molecule has 0 bridgehead atoms. The van der Waals surface area contributed by atoms with Crippen molar-refractivity contribution < 1.29 is 9.90 Å². The molecule has 0 radical (unpaired) electrons. The zero-order valence-corrected chi connectivity index (χ0v) is 7.14. The molecule has 4 heteroatoms. The zero-order valence-electron chi connectivity index (χ0n) is 6.32. The molecule has 2 atom stereocenters. The number of thioether (sulfide) groups is 1. The second-order valence-corrected chi connectivity index (χ2v) is 3.97. The first kappa shape index (κ1) is 8.87. The normalized spacial score (nSPS) is 30.6. The molecule has 1 aliphatic heterocycles. The highest BCUT2D eigenvalue weighted by atomic mass is 32.2. The predicted molar refractivity (Wildman–Crippen MR) is 45.7 cm³/mol. The first-order chi connectivity index (χ1) is 5.20. The minimum Gasteiger partial charge on any atom is -0.481 e. The van der Waals surface area contributed by atoms with Crippen molar-refractivity contribution in [2.75, 3.05) is 11.5 Å². The molecule has 0 saturated carbocycles. The third kappa shape index (κ3) is 2.71. The lowest BCUT2D eigenvalue weighted by Crippen LogP contribution is -2.28. The van der Waals surface area contributed by atoms with E-state index in [1.165, 1.54) is 0 Å². The molecule has 1 rings (SSSR count). The van der Waals surface area contributed by atoms with Crippen LogP contribution in [0.1, 0.15) is 12.8 Å².